The number of amides is 2. The molecule has 0 radical (unpaired) electrons. The number of rotatable bonds is 1. The van der Waals surface area contributed by atoms with Crippen molar-refractivity contribution in [1.82, 2.24) is 19.8 Å². The third-order valence-corrected chi connectivity index (χ3v) is 7.49. The molecule has 3 heterocycles. The highest BCUT2D eigenvalue weighted by Gasteiger charge is 2.31. The van der Waals surface area contributed by atoms with Gasteiger partial charge in [-0.25, -0.2) is 9.78 Å². The number of nitrogens with one attached hydrogen (secondary N) is 1. The van der Waals surface area contributed by atoms with Gasteiger partial charge in [-0.1, -0.05) is 24.3 Å². The molecule has 9 nitrogen and oxygen atoms in total. The predicted molar refractivity (Wildman–Crippen MR) is 156 cm³/mol. The maximum atomic E-state index is 13.6. The highest BCUT2D eigenvalue weighted by Crippen LogP contribution is 2.31. The summed E-state index contributed by atoms with van der Waals surface area (Å²) in [5, 5.41) is 0. The third-order valence-electron chi connectivity index (χ3n) is 6.71. The summed E-state index contributed by atoms with van der Waals surface area (Å²) in [4.78, 5) is 40.5. The number of aryl methyl sites for hydroxylation is 2. The van der Waals surface area contributed by atoms with Crippen LogP contribution < -0.4 is 9.46 Å². The van der Waals surface area contributed by atoms with Gasteiger partial charge in [0.2, 0.25) is 11.8 Å². The molecule has 5 rings (SSSR count). The van der Waals surface area contributed by atoms with Gasteiger partial charge in [-0.05, 0) is 82.3 Å². The van der Waals surface area contributed by atoms with E-state index in [-0.39, 0.29) is 12.5 Å². The van der Waals surface area contributed by atoms with E-state index in [1.54, 1.807) is 9.80 Å². The van der Waals surface area contributed by atoms with E-state index < -0.39 is 17.8 Å². The van der Waals surface area contributed by atoms with Crippen LogP contribution in [0.5, 0.6) is 5.88 Å². The summed E-state index contributed by atoms with van der Waals surface area (Å²) in [5.74, 6) is 0.682. The van der Waals surface area contributed by atoms with E-state index in [0.29, 0.717) is 43.4 Å². The van der Waals surface area contributed by atoms with Crippen LogP contribution >= 0.6 is 11.9 Å². The Morgan fingerprint density at radius 1 is 1.05 bits per heavy atom. The van der Waals surface area contributed by atoms with Crippen LogP contribution in [-0.4, -0.2) is 69.7 Å². The van der Waals surface area contributed by atoms with Gasteiger partial charge in [0.25, 0.3) is 5.91 Å². The molecular weight excluding hydrogens is 526 g/mol. The summed E-state index contributed by atoms with van der Waals surface area (Å²) in [6.07, 6.45) is -0.312. The smallest absolute Gasteiger partial charge is 0.410 e. The Hall–Kier alpha value is -3.79. The number of carbonyl (C=O) groups excluding carboxylic acids is 2. The number of fused-ring (bicyclic) bond motifs is 6. The second kappa shape index (κ2) is 11.4. The summed E-state index contributed by atoms with van der Waals surface area (Å²) in [6.45, 7) is 11.1. The molecular formula is C30H35N5O4S. The summed E-state index contributed by atoms with van der Waals surface area (Å²) in [6, 6.07) is 15.5. The van der Waals surface area contributed by atoms with Crippen molar-refractivity contribution in [1.29, 1.82) is 0 Å². The Morgan fingerprint density at radius 3 is 2.55 bits per heavy atom. The molecule has 2 aromatic carbocycles. The molecule has 1 saturated heterocycles. The van der Waals surface area contributed by atoms with Gasteiger partial charge in [-0.2, -0.15) is 4.98 Å². The van der Waals surface area contributed by atoms with Crippen molar-refractivity contribution >= 4 is 29.9 Å². The van der Waals surface area contributed by atoms with Gasteiger partial charge >= 0.3 is 6.09 Å². The molecule has 40 heavy (non-hydrogen) atoms. The van der Waals surface area contributed by atoms with Crippen LogP contribution in [-0.2, 0) is 4.74 Å². The minimum Gasteiger partial charge on any atom is -0.470 e. The fourth-order valence-electron chi connectivity index (χ4n) is 4.96. The molecule has 2 amide bonds. The summed E-state index contributed by atoms with van der Waals surface area (Å²) in [7, 11) is 0. The minimum atomic E-state index is -0.622. The lowest BCUT2D eigenvalue weighted by atomic mass is 10.00. The highest BCUT2D eigenvalue weighted by molar-refractivity contribution is 8.00. The van der Waals surface area contributed by atoms with Crippen molar-refractivity contribution in [3.8, 4) is 17.1 Å². The van der Waals surface area contributed by atoms with Crippen LogP contribution in [0.1, 0.15) is 48.7 Å². The molecule has 2 aliphatic heterocycles. The second-order valence-electron chi connectivity index (χ2n) is 11.2. The number of nitrogens with zero attached hydrogens (tertiary/aromatic N) is 4. The normalized spacial score (nSPS) is 17.7. The van der Waals surface area contributed by atoms with Crippen molar-refractivity contribution in [3.63, 3.8) is 0 Å². The monoisotopic (exact) mass is 561 g/mol. The average molecular weight is 562 g/mol. The summed E-state index contributed by atoms with van der Waals surface area (Å²) < 4.78 is 15.4. The van der Waals surface area contributed by atoms with E-state index in [4.69, 9.17) is 14.5 Å². The van der Waals surface area contributed by atoms with E-state index >= 15 is 0 Å². The van der Waals surface area contributed by atoms with Gasteiger partial charge in [0.05, 0.1) is 18.8 Å². The molecule has 0 saturated carbocycles. The maximum Gasteiger partial charge on any atom is 0.410 e. The van der Waals surface area contributed by atoms with Crippen LogP contribution in [0.2, 0.25) is 0 Å². The zero-order valence-corrected chi connectivity index (χ0v) is 24.4. The van der Waals surface area contributed by atoms with Crippen molar-refractivity contribution in [2.45, 2.75) is 57.6 Å². The van der Waals surface area contributed by atoms with Crippen LogP contribution in [0.25, 0.3) is 11.3 Å². The van der Waals surface area contributed by atoms with Gasteiger partial charge < -0.3 is 19.3 Å². The number of hydrogen-bond acceptors (Lipinski definition) is 8. The molecule has 0 aliphatic carbocycles. The molecule has 6 bridgehead atoms. The molecule has 3 aromatic rings. The molecule has 10 heteroatoms. The van der Waals surface area contributed by atoms with E-state index in [0.717, 1.165) is 27.3 Å². The van der Waals surface area contributed by atoms with Crippen LogP contribution in [0, 0.1) is 13.8 Å². The van der Waals surface area contributed by atoms with E-state index in [1.807, 2.05) is 57.2 Å². The molecule has 210 valence electrons. The van der Waals surface area contributed by atoms with Gasteiger partial charge in [0.15, 0.2) is 0 Å². The number of ether oxygens (including phenoxy) is 2. The number of carbonyl (C=O) groups is 2. The Balaban J connectivity index is 1.56. The third kappa shape index (κ3) is 6.50. The van der Waals surface area contributed by atoms with Gasteiger partial charge in [-0.3, -0.25) is 9.52 Å². The lowest BCUT2D eigenvalue weighted by molar-refractivity contribution is 0.00799. The van der Waals surface area contributed by atoms with E-state index in [2.05, 4.69) is 35.7 Å². The fraction of sp³-hybridized carbons (Fsp3) is 0.400. The predicted octanol–water partition coefficient (Wildman–Crippen LogP) is 5.72. The summed E-state index contributed by atoms with van der Waals surface area (Å²) >= 11 is 1.34. The Labute approximate surface area is 239 Å². The SMILES string of the molecule is Cc1cccc(C)c1-c1cc2nc(n1)NSc1cccc(c1)C(=O)N1CCCN(C(=O)OC(C)(C)C)CC(C1)O2. The number of benzene rings is 2. The summed E-state index contributed by atoms with van der Waals surface area (Å²) in [5.41, 5.74) is 3.90. The zero-order chi connectivity index (χ0) is 28.4. The molecule has 1 unspecified atom stereocenters. The van der Waals surface area contributed by atoms with E-state index in [9.17, 15) is 9.59 Å². The molecule has 1 fully saturated rings. The lowest BCUT2D eigenvalue weighted by Crippen LogP contribution is -2.51. The number of aromatic nitrogens is 2. The second-order valence-corrected chi connectivity index (χ2v) is 12.1. The van der Waals surface area contributed by atoms with Gasteiger partial charge in [0, 0.05) is 35.2 Å². The lowest BCUT2D eigenvalue weighted by Gasteiger charge is -2.36. The Morgan fingerprint density at radius 2 is 1.80 bits per heavy atom. The molecule has 1 atom stereocenters. The van der Waals surface area contributed by atoms with Crippen molar-refractivity contribution in [3.05, 3.63) is 65.2 Å². The van der Waals surface area contributed by atoms with E-state index in [1.165, 1.54) is 11.9 Å². The minimum absolute atomic E-state index is 0.0740. The highest BCUT2D eigenvalue weighted by atomic mass is 32.2. The van der Waals surface area contributed by atoms with Crippen molar-refractivity contribution in [2.24, 2.45) is 0 Å². The fourth-order valence-corrected chi connectivity index (χ4v) is 5.60. The maximum absolute atomic E-state index is 13.6. The first-order valence-corrected chi connectivity index (χ1v) is 14.3. The van der Waals surface area contributed by atoms with Crippen LogP contribution in [0.15, 0.2) is 53.4 Å². The first-order chi connectivity index (χ1) is 19.1. The van der Waals surface area contributed by atoms with Gasteiger partial charge in [-0.15, -0.1) is 0 Å². The standard InChI is InChI=1S/C30H35N5O4S/c1-19-9-6-10-20(2)26(19)24-16-25-32-28(31-24)33-40-23-12-7-11-21(15-23)27(36)34-13-8-14-35(18-22(17-34)38-25)29(37)39-30(3,4)5/h6-7,9-12,15-16,22H,8,13-14,17-18H2,1-5H3,(H,31,32,33). The first kappa shape index (κ1) is 27.8. The topological polar surface area (TPSA) is 96.9 Å². The van der Waals surface area contributed by atoms with Gasteiger partial charge in [0.1, 0.15) is 11.7 Å². The molecule has 1 aromatic heterocycles. The molecule has 0 spiro atoms. The van der Waals surface area contributed by atoms with Crippen molar-refractivity contribution in [2.75, 3.05) is 30.9 Å². The Kier molecular flexibility index (Phi) is 7.89. The molecule has 1 N–H and O–H groups in total. The number of hydrogen-bond donors (Lipinski definition) is 1. The first-order valence-electron chi connectivity index (χ1n) is 13.5. The average Bonchev–Trinajstić information content (AvgIpc) is 2.87. The Bertz CT molecular complexity index is 1400. The quantitative estimate of drug-likeness (QED) is 0.377. The van der Waals surface area contributed by atoms with Crippen LogP contribution in [0.3, 0.4) is 0 Å². The van der Waals surface area contributed by atoms with Crippen LogP contribution in [0.4, 0.5) is 10.7 Å². The zero-order valence-electron chi connectivity index (χ0n) is 23.6. The number of anilines is 1. The largest absolute Gasteiger partial charge is 0.470 e. The molecule has 2 aliphatic rings. The van der Waals surface area contributed by atoms with Crippen molar-refractivity contribution < 1.29 is 19.1 Å².